The molecule has 1 aliphatic carbocycles. The van der Waals surface area contributed by atoms with Gasteiger partial charge in [-0.3, -0.25) is 9.48 Å². The number of carbonyl (C=O) groups is 1. The molecule has 1 unspecified atom stereocenters. The number of hydrogen-bond donors (Lipinski definition) is 2. The SMILES string of the molecule is COC[C@H](C)Oc1cc(C#CC(N)C2CCCCC2)cc(C(=O)Nc2ccn(C)n2)c1. The van der Waals surface area contributed by atoms with E-state index in [0.29, 0.717) is 35.2 Å². The monoisotopic (exact) mass is 424 g/mol. The van der Waals surface area contributed by atoms with Crippen LogP contribution in [0, 0.1) is 17.8 Å². The quantitative estimate of drug-likeness (QED) is 0.665. The Morgan fingerprint density at radius 2 is 2.10 bits per heavy atom. The number of methoxy groups -OCH3 is 1. The first-order valence-electron chi connectivity index (χ1n) is 10.8. The van der Waals surface area contributed by atoms with Gasteiger partial charge in [-0.15, -0.1) is 0 Å². The van der Waals surface area contributed by atoms with Crippen molar-refractivity contribution in [3.05, 3.63) is 41.6 Å². The molecule has 0 aliphatic heterocycles. The molecule has 1 aromatic heterocycles. The lowest BCUT2D eigenvalue weighted by Crippen LogP contribution is -2.30. The van der Waals surface area contributed by atoms with Crippen LogP contribution in [0.5, 0.6) is 5.75 Å². The molecule has 0 radical (unpaired) electrons. The standard InChI is InChI=1S/C24H32N4O3/c1-17(16-30-3)31-21-14-18(9-10-22(25)19-7-5-4-6-8-19)13-20(15-21)24(29)26-23-11-12-28(2)27-23/h11-15,17,19,22H,4-8,16,25H2,1-3H3,(H,26,27,29)/t17-,22?/m0/s1. The Balaban J connectivity index is 1.82. The number of ether oxygens (including phenoxy) is 2. The minimum Gasteiger partial charge on any atom is -0.488 e. The largest absolute Gasteiger partial charge is 0.488 e. The van der Waals surface area contributed by atoms with Crippen molar-refractivity contribution in [1.29, 1.82) is 0 Å². The van der Waals surface area contributed by atoms with Gasteiger partial charge < -0.3 is 20.5 Å². The highest BCUT2D eigenvalue weighted by Crippen LogP contribution is 2.25. The highest BCUT2D eigenvalue weighted by Gasteiger charge is 2.19. The Morgan fingerprint density at radius 3 is 2.77 bits per heavy atom. The van der Waals surface area contributed by atoms with Crippen LogP contribution in [0.25, 0.3) is 0 Å². The van der Waals surface area contributed by atoms with E-state index in [1.807, 2.05) is 13.0 Å². The molecule has 0 bridgehead atoms. The first-order valence-corrected chi connectivity index (χ1v) is 10.8. The van der Waals surface area contributed by atoms with Crippen LogP contribution in [0.3, 0.4) is 0 Å². The Morgan fingerprint density at radius 1 is 1.32 bits per heavy atom. The summed E-state index contributed by atoms with van der Waals surface area (Å²) in [6, 6.07) is 6.87. The molecule has 7 heteroatoms. The number of nitrogens with one attached hydrogen (secondary N) is 1. The summed E-state index contributed by atoms with van der Waals surface area (Å²) in [5.74, 6) is 7.57. The summed E-state index contributed by atoms with van der Waals surface area (Å²) in [6.07, 6.45) is 7.59. The predicted molar refractivity (Wildman–Crippen MR) is 121 cm³/mol. The number of carbonyl (C=O) groups excluding carboxylic acids is 1. The van der Waals surface area contributed by atoms with Crippen molar-refractivity contribution in [3.63, 3.8) is 0 Å². The van der Waals surface area contributed by atoms with Crippen molar-refractivity contribution in [2.45, 2.75) is 51.2 Å². The number of rotatable bonds is 7. The predicted octanol–water partition coefficient (Wildman–Crippen LogP) is 3.35. The summed E-state index contributed by atoms with van der Waals surface area (Å²) in [5, 5.41) is 7.00. The zero-order valence-electron chi connectivity index (χ0n) is 18.6. The lowest BCUT2D eigenvalue weighted by atomic mass is 9.84. The van der Waals surface area contributed by atoms with Crippen molar-refractivity contribution in [3.8, 4) is 17.6 Å². The molecule has 1 aromatic carbocycles. The van der Waals surface area contributed by atoms with Gasteiger partial charge in [-0.05, 0) is 43.9 Å². The lowest BCUT2D eigenvalue weighted by molar-refractivity contribution is 0.0917. The first kappa shape index (κ1) is 22.9. The van der Waals surface area contributed by atoms with Crippen molar-refractivity contribution in [2.75, 3.05) is 19.0 Å². The zero-order chi connectivity index (χ0) is 22.2. The second kappa shape index (κ2) is 11.0. The van der Waals surface area contributed by atoms with Crippen LogP contribution >= 0.6 is 0 Å². The van der Waals surface area contributed by atoms with Crippen molar-refractivity contribution in [2.24, 2.45) is 18.7 Å². The number of aromatic nitrogens is 2. The molecular weight excluding hydrogens is 392 g/mol. The van der Waals surface area contributed by atoms with Crippen LogP contribution in [0.1, 0.15) is 54.9 Å². The van der Waals surface area contributed by atoms with Crippen LogP contribution < -0.4 is 15.8 Å². The molecule has 1 heterocycles. The number of anilines is 1. The number of benzene rings is 1. The van der Waals surface area contributed by atoms with E-state index in [0.717, 1.165) is 12.8 Å². The van der Waals surface area contributed by atoms with E-state index in [4.69, 9.17) is 15.2 Å². The Labute approximate surface area is 184 Å². The fraction of sp³-hybridized carbons (Fsp3) is 0.500. The van der Waals surface area contributed by atoms with Crippen LogP contribution in [-0.2, 0) is 11.8 Å². The normalized spacial score (nSPS) is 16.1. The van der Waals surface area contributed by atoms with E-state index >= 15 is 0 Å². The smallest absolute Gasteiger partial charge is 0.257 e. The van der Waals surface area contributed by atoms with Gasteiger partial charge in [0.1, 0.15) is 11.9 Å². The highest BCUT2D eigenvalue weighted by atomic mass is 16.5. The van der Waals surface area contributed by atoms with Gasteiger partial charge >= 0.3 is 0 Å². The van der Waals surface area contributed by atoms with E-state index in [1.165, 1.54) is 19.3 Å². The fourth-order valence-corrected chi connectivity index (χ4v) is 3.82. The highest BCUT2D eigenvalue weighted by molar-refractivity contribution is 6.04. The third-order valence-electron chi connectivity index (χ3n) is 5.40. The molecule has 1 amide bonds. The minimum absolute atomic E-state index is 0.163. The molecule has 3 N–H and O–H groups in total. The number of amides is 1. The summed E-state index contributed by atoms with van der Waals surface area (Å²) in [4.78, 5) is 12.8. The molecule has 31 heavy (non-hydrogen) atoms. The second-order valence-corrected chi connectivity index (χ2v) is 8.15. The van der Waals surface area contributed by atoms with Crippen LogP contribution in [0.4, 0.5) is 5.82 Å². The third-order valence-corrected chi connectivity index (χ3v) is 5.40. The molecule has 1 aliphatic rings. The van der Waals surface area contributed by atoms with E-state index < -0.39 is 0 Å². The molecule has 7 nitrogen and oxygen atoms in total. The van der Waals surface area contributed by atoms with E-state index in [9.17, 15) is 4.79 Å². The van der Waals surface area contributed by atoms with Gasteiger partial charge in [0.2, 0.25) is 0 Å². The number of aryl methyl sites for hydroxylation is 1. The van der Waals surface area contributed by atoms with E-state index in [-0.39, 0.29) is 18.1 Å². The maximum atomic E-state index is 12.8. The molecule has 0 saturated heterocycles. The molecule has 2 atom stereocenters. The molecule has 2 aromatic rings. The Bertz CT molecular complexity index is 938. The topological polar surface area (TPSA) is 91.4 Å². The lowest BCUT2D eigenvalue weighted by Gasteiger charge is -2.23. The molecule has 1 saturated carbocycles. The van der Waals surface area contributed by atoms with Crippen LogP contribution in [0.2, 0.25) is 0 Å². The van der Waals surface area contributed by atoms with Gasteiger partial charge in [0.25, 0.3) is 5.91 Å². The fourth-order valence-electron chi connectivity index (χ4n) is 3.82. The number of nitrogens with zero attached hydrogens (tertiary/aromatic N) is 2. The van der Waals surface area contributed by atoms with E-state index in [2.05, 4.69) is 22.3 Å². The summed E-state index contributed by atoms with van der Waals surface area (Å²) in [7, 11) is 3.42. The Hall–Kier alpha value is -2.82. The average Bonchev–Trinajstić information content (AvgIpc) is 3.17. The number of nitrogens with two attached hydrogens (primary N) is 1. The van der Waals surface area contributed by atoms with Gasteiger partial charge in [0, 0.05) is 37.5 Å². The van der Waals surface area contributed by atoms with Crippen molar-refractivity contribution < 1.29 is 14.3 Å². The Kier molecular flexibility index (Phi) is 8.10. The van der Waals surface area contributed by atoms with Gasteiger partial charge in [0.05, 0.1) is 12.6 Å². The third kappa shape index (κ3) is 6.84. The zero-order valence-corrected chi connectivity index (χ0v) is 18.6. The summed E-state index contributed by atoms with van der Waals surface area (Å²) in [6.45, 7) is 2.35. The number of hydrogen-bond acceptors (Lipinski definition) is 5. The average molecular weight is 425 g/mol. The molecular formula is C24H32N4O3. The van der Waals surface area contributed by atoms with Crippen molar-refractivity contribution >= 4 is 11.7 Å². The summed E-state index contributed by atoms with van der Waals surface area (Å²) >= 11 is 0. The minimum atomic E-state index is -0.275. The molecule has 0 spiro atoms. The van der Waals surface area contributed by atoms with E-state index in [1.54, 1.807) is 43.2 Å². The maximum absolute atomic E-state index is 12.8. The van der Waals surface area contributed by atoms with Gasteiger partial charge in [-0.1, -0.05) is 31.1 Å². The summed E-state index contributed by atoms with van der Waals surface area (Å²) in [5.41, 5.74) is 7.49. The molecule has 1 fully saturated rings. The van der Waals surface area contributed by atoms with Gasteiger partial charge in [0.15, 0.2) is 5.82 Å². The van der Waals surface area contributed by atoms with Gasteiger partial charge in [-0.2, -0.15) is 5.10 Å². The van der Waals surface area contributed by atoms with Crippen LogP contribution in [0.15, 0.2) is 30.5 Å². The van der Waals surface area contributed by atoms with Crippen molar-refractivity contribution in [1.82, 2.24) is 9.78 Å². The second-order valence-electron chi connectivity index (χ2n) is 8.15. The maximum Gasteiger partial charge on any atom is 0.257 e. The summed E-state index contributed by atoms with van der Waals surface area (Å²) < 4.78 is 12.7. The first-order chi connectivity index (χ1) is 14.9. The molecule has 166 valence electrons. The van der Waals surface area contributed by atoms with Gasteiger partial charge in [-0.25, -0.2) is 0 Å². The molecule has 3 rings (SSSR count). The van der Waals surface area contributed by atoms with Crippen LogP contribution in [-0.4, -0.2) is 41.6 Å².